The molecule has 1 aromatic carbocycles. The van der Waals surface area contributed by atoms with Gasteiger partial charge in [-0.3, -0.25) is 9.59 Å². The molecule has 19 heavy (non-hydrogen) atoms. The highest BCUT2D eigenvalue weighted by molar-refractivity contribution is 5.97. The molecule has 7 nitrogen and oxygen atoms in total. The van der Waals surface area contributed by atoms with E-state index in [0.717, 1.165) is 0 Å². The number of amides is 2. The predicted octanol–water partition coefficient (Wildman–Crippen LogP) is -0.241. The van der Waals surface area contributed by atoms with Gasteiger partial charge in [-0.1, -0.05) is 6.07 Å². The van der Waals surface area contributed by atoms with Gasteiger partial charge in [0.2, 0.25) is 5.91 Å². The minimum atomic E-state index is -1.39. The Morgan fingerprint density at radius 1 is 1.37 bits per heavy atom. The van der Waals surface area contributed by atoms with Crippen LogP contribution in [0.4, 0.5) is 0 Å². The summed E-state index contributed by atoms with van der Waals surface area (Å²) in [4.78, 5) is 33.3. The first-order chi connectivity index (χ1) is 8.81. The number of hydrogen-bond acceptors (Lipinski definition) is 4. The lowest BCUT2D eigenvalue weighted by molar-refractivity contribution is -0.140. The summed E-state index contributed by atoms with van der Waals surface area (Å²) in [6, 6.07) is 2.78. The summed E-state index contributed by atoms with van der Waals surface area (Å²) in [5.41, 5.74) is 5.58. The molecule has 0 aliphatic rings. The van der Waals surface area contributed by atoms with Gasteiger partial charge in [-0.25, -0.2) is 4.79 Å². The van der Waals surface area contributed by atoms with Crippen molar-refractivity contribution in [2.45, 2.75) is 19.4 Å². The number of primary amides is 1. The Bertz CT molecular complexity index is 527. The van der Waals surface area contributed by atoms with Gasteiger partial charge in [0.15, 0.2) is 0 Å². The fraction of sp³-hybridized carbons (Fsp3) is 0.250. The second-order valence-electron chi connectivity index (χ2n) is 4.04. The lowest BCUT2D eigenvalue weighted by atomic mass is 10.1. The van der Waals surface area contributed by atoms with E-state index in [-0.39, 0.29) is 11.3 Å². The number of phenols is 1. The van der Waals surface area contributed by atoms with Crippen molar-refractivity contribution >= 4 is 17.8 Å². The van der Waals surface area contributed by atoms with E-state index < -0.39 is 30.2 Å². The Labute approximate surface area is 109 Å². The molecule has 0 saturated carbocycles. The number of carboxylic acid groups (broad SMARTS) is 1. The molecule has 0 radical (unpaired) electrons. The molecule has 0 heterocycles. The van der Waals surface area contributed by atoms with E-state index in [2.05, 4.69) is 5.32 Å². The van der Waals surface area contributed by atoms with E-state index >= 15 is 0 Å². The number of aromatic hydroxyl groups is 1. The molecule has 0 spiro atoms. The Morgan fingerprint density at radius 3 is 2.47 bits per heavy atom. The van der Waals surface area contributed by atoms with Gasteiger partial charge in [-0.2, -0.15) is 0 Å². The molecule has 0 aliphatic carbocycles. The number of carbonyl (C=O) groups is 3. The first-order valence-electron chi connectivity index (χ1n) is 5.43. The summed E-state index contributed by atoms with van der Waals surface area (Å²) in [5.74, 6) is -2.97. The highest BCUT2D eigenvalue weighted by atomic mass is 16.4. The number of carbonyl (C=O) groups excluding carboxylic acids is 2. The van der Waals surface area contributed by atoms with E-state index in [0.29, 0.717) is 5.56 Å². The number of benzene rings is 1. The topological polar surface area (TPSA) is 130 Å². The summed E-state index contributed by atoms with van der Waals surface area (Å²) >= 11 is 0. The lowest BCUT2D eigenvalue weighted by Crippen LogP contribution is -2.43. The number of carboxylic acids is 1. The van der Waals surface area contributed by atoms with Gasteiger partial charge in [0.05, 0.1) is 6.42 Å². The molecular weight excluding hydrogens is 252 g/mol. The molecule has 2 amide bonds. The van der Waals surface area contributed by atoms with Crippen molar-refractivity contribution in [3.8, 4) is 5.75 Å². The molecule has 1 atom stereocenters. The average Bonchev–Trinajstić information content (AvgIpc) is 2.31. The molecule has 7 heteroatoms. The van der Waals surface area contributed by atoms with Crippen molar-refractivity contribution in [2.24, 2.45) is 5.73 Å². The largest absolute Gasteiger partial charge is 0.508 e. The van der Waals surface area contributed by atoms with Gasteiger partial charge in [-0.05, 0) is 24.6 Å². The molecule has 0 aromatic heterocycles. The van der Waals surface area contributed by atoms with E-state index in [1.54, 1.807) is 6.92 Å². The van der Waals surface area contributed by atoms with Crippen LogP contribution in [0.15, 0.2) is 18.2 Å². The molecule has 102 valence electrons. The normalized spacial score (nSPS) is 11.6. The van der Waals surface area contributed by atoms with Crippen LogP contribution in [-0.2, 0) is 9.59 Å². The van der Waals surface area contributed by atoms with E-state index in [9.17, 15) is 19.5 Å². The third-order valence-corrected chi connectivity index (χ3v) is 2.48. The molecule has 1 aromatic rings. The number of nitrogens with two attached hydrogens (primary N) is 1. The highest BCUT2D eigenvalue weighted by Gasteiger charge is 2.22. The lowest BCUT2D eigenvalue weighted by Gasteiger charge is -2.13. The van der Waals surface area contributed by atoms with Gasteiger partial charge >= 0.3 is 5.97 Å². The van der Waals surface area contributed by atoms with Crippen LogP contribution >= 0.6 is 0 Å². The second kappa shape index (κ2) is 5.85. The molecule has 0 fully saturated rings. The Balaban J connectivity index is 2.84. The first-order valence-corrected chi connectivity index (χ1v) is 5.43. The predicted molar refractivity (Wildman–Crippen MR) is 65.5 cm³/mol. The van der Waals surface area contributed by atoms with Crippen molar-refractivity contribution in [1.82, 2.24) is 5.32 Å². The van der Waals surface area contributed by atoms with Crippen LogP contribution in [0.2, 0.25) is 0 Å². The number of aliphatic carboxylic acids is 1. The number of nitrogens with one attached hydrogen (secondary N) is 1. The zero-order valence-electron chi connectivity index (χ0n) is 10.2. The van der Waals surface area contributed by atoms with E-state index in [1.165, 1.54) is 18.2 Å². The molecule has 0 aliphatic heterocycles. The molecule has 0 saturated heterocycles. The smallest absolute Gasteiger partial charge is 0.326 e. The number of hydrogen-bond donors (Lipinski definition) is 4. The van der Waals surface area contributed by atoms with Crippen LogP contribution in [-0.4, -0.2) is 34.0 Å². The van der Waals surface area contributed by atoms with Gasteiger partial charge in [0.25, 0.3) is 5.91 Å². The summed E-state index contributed by atoms with van der Waals surface area (Å²) < 4.78 is 0. The van der Waals surface area contributed by atoms with Gasteiger partial charge in [0, 0.05) is 5.56 Å². The third kappa shape index (κ3) is 3.98. The number of phenolic OH excluding ortho intramolecular Hbond substituents is 1. The van der Waals surface area contributed by atoms with Crippen LogP contribution in [0, 0.1) is 6.92 Å². The monoisotopic (exact) mass is 266 g/mol. The zero-order valence-corrected chi connectivity index (χ0v) is 10.2. The van der Waals surface area contributed by atoms with Gasteiger partial charge in [-0.15, -0.1) is 0 Å². The summed E-state index contributed by atoms with van der Waals surface area (Å²) in [6.07, 6.45) is -0.501. The van der Waals surface area contributed by atoms with Crippen LogP contribution in [0.1, 0.15) is 22.3 Å². The average molecular weight is 266 g/mol. The number of aryl methyl sites for hydroxylation is 1. The minimum absolute atomic E-state index is 0.0746. The van der Waals surface area contributed by atoms with Gasteiger partial charge < -0.3 is 21.3 Å². The zero-order chi connectivity index (χ0) is 14.6. The summed E-state index contributed by atoms with van der Waals surface area (Å²) in [6.45, 7) is 1.66. The standard InChI is InChI=1S/C12H14N2O5/c1-6-2-3-7(4-9(6)15)11(17)14-8(12(18)19)5-10(13)16/h2-4,8,15H,5H2,1H3,(H2,13,16)(H,14,17)(H,18,19)/t8-/m1/s1. The maximum absolute atomic E-state index is 11.8. The summed E-state index contributed by atoms with van der Waals surface area (Å²) in [7, 11) is 0. The quantitative estimate of drug-likeness (QED) is 0.584. The third-order valence-electron chi connectivity index (χ3n) is 2.48. The van der Waals surface area contributed by atoms with Crippen LogP contribution < -0.4 is 11.1 Å². The van der Waals surface area contributed by atoms with Crippen LogP contribution in [0.3, 0.4) is 0 Å². The van der Waals surface area contributed by atoms with Crippen molar-refractivity contribution < 1.29 is 24.6 Å². The molecule has 5 N–H and O–H groups in total. The van der Waals surface area contributed by atoms with Gasteiger partial charge in [0.1, 0.15) is 11.8 Å². The summed E-state index contributed by atoms with van der Waals surface area (Å²) in [5, 5.41) is 20.5. The van der Waals surface area contributed by atoms with Crippen LogP contribution in [0.25, 0.3) is 0 Å². The Kier molecular flexibility index (Phi) is 4.46. The SMILES string of the molecule is Cc1ccc(C(=O)N[C@H](CC(N)=O)C(=O)O)cc1O. The van der Waals surface area contributed by atoms with E-state index in [1.807, 2.05) is 0 Å². The molecular formula is C12H14N2O5. The van der Waals surface area contributed by atoms with E-state index in [4.69, 9.17) is 10.8 Å². The Hall–Kier alpha value is -2.57. The second-order valence-corrected chi connectivity index (χ2v) is 4.04. The highest BCUT2D eigenvalue weighted by Crippen LogP contribution is 2.17. The first kappa shape index (κ1) is 14.5. The Morgan fingerprint density at radius 2 is 2.00 bits per heavy atom. The molecule has 0 unspecified atom stereocenters. The van der Waals surface area contributed by atoms with Crippen molar-refractivity contribution in [3.05, 3.63) is 29.3 Å². The van der Waals surface area contributed by atoms with Crippen LogP contribution in [0.5, 0.6) is 5.75 Å². The fourth-order valence-corrected chi connectivity index (χ4v) is 1.39. The molecule has 0 bridgehead atoms. The maximum atomic E-state index is 11.8. The maximum Gasteiger partial charge on any atom is 0.326 e. The van der Waals surface area contributed by atoms with Crippen molar-refractivity contribution in [1.29, 1.82) is 0 Å². The fourth-order valence-electron chi connectivity index (χ4n) is 1.39. The molecule has 1 rings (SSSR count). The minimum Gasteiger partial charge on any atom is -0.508 e. The number of rotatable bonds is 5. The van der Waals surface area contributed by atoms with Crippen molar-refractivity contribution in [2.75, 3.05) is 0 Å². The van der Waals surface area contributed by atoms with Crippen molar-refractivity contribution in [3.63, 3.8) is 0 Å².